The smallest absolute Gasteiger partial charge is 0.417 e. The van der Waals surface area contributed by atoms with Crippen molar-refractivity contribution in [3.63, 3.8) is 0 Å². The minimum Gasteiger partial charge on any atom is -0.444 e. The third kappa shape index (κ3) is 13.1. The van der Waals surface area contributed by atoms with Crippen LogP contribution in [-0.2, 0) is 43.5 Å². The van der Waals surface area contributed by atoms with E-state index in [4.69, 9.17) is 20.6 Å². The number of hydrogen-bond donors (Lipinski definition) is 3. The summed E-state index contributed by atoms with van der Waals surface area (Å²) < 4.78 is 10.9. The molecule has 1 saturated heterocycles. The zero-order valence-corrected chi connectivity index (χ0v) is 31.6. The maximum atomic E-state index is 14.5. The van der Waals surface area contributed by atoms with E-state index in [1.54, 1.807) is 48.5 Å². The van der Waals surface area contributed by atoms with Gasteiger partial charge in [-0.05, 0) is 61.8 Å². The molecule has 4 rings (SSSR count). The van der Waals surface area contributed by atoms with Crippen molar-refractivity contribution in [2.75, 3.05) is 19.6 Å². The normalized spacial score (nSPS) is 14.7. The van der Waals surface area contributed by atoms with Gasteiger partial charge in [-0.2, -0.15) is 0 Å². The first-order valence-corrected chi connectivity index (χ1v) is 19.1. The Bertz CT molecular complexity index is 1680. The Hall–Kier alpha value is -5.56. The van der Waals surface area contributed by atoms with Crippen LogP contribution in [0, 0.1) is 5.41 Å². The van der Waals surface area contributed by atoms with Crippen LogP contribution >= 0.6 is 0 Å². The fraction of sp³-hybridized carbons (Fsp3) is 0.429. The lowest BCUT2D eigenvalue weighted by Crippen LogP contribution is -2.57. The maximum Gasteiger partial charge on any atom is 0.417 e. The SMILES string of the molecule is CCCCCCN[C@H](Cc1ccccc1)C(=O)N1CCC[C@H]1C(=O)N(C(=O)OCc1ccccc1)[C@H](C=O)CCCN(C(=N)N)C(=O)OCc1ccccc1. The van der Waals surface area contributed by atoms with E-state index in [2.05, 4.69) is 12.2 Å². The number of likely N-dealkylation sites (tertiary alicyclic amines) is 1. The molecular formula is C42H54N6O7. The number of unbranched alkanes of at least 4 members (excludes halogenated alkanes) is 3. The van der Waals surface area contributed by atoms with Gasteiger partial charge in [0.05, 0.1) is 12.1 Å². The molecular weight excluding hydrogens is 700 g/mol. The molecule has 3 aromatic rings. The molecule has 0 spiro atoms. The molecule has 13 heteroatoms. The number of nitrogens with one attached hydrogen (secondary N) is 2. The second kappa shape index (κ2) is 22.6. The molecule has 294 valence electrons. The highest BCUT2D eigenvalue weighted by molar-refractivity contribution is 6.00. The van der Waals surface area contributed by atoms with Crippen molar-refractivity contribution < 1.29 is 33.4 Å². The Morgan fingerprint density at radius 3 is 2.00 bits per heavy atom. The molecule has 3 aromatic carbocycles. The molecule has 0 aliphatic carbocycles. The number of rotatable bonds is 20. The summed E-state index contributed by atoms with van der Waals surface area (Å²) >= 11 is 0. The summed E-state index contributed by atoms with van der Waals surface area (Å²) in [6, 6.07) is 24.7. The number of hydrogen-bond acceptors (Lipinski definition) is 9. The van der Waals surface area contributed by atoms with Crippen molar-refractivity contribution >= 4 is 36.2 Å². The molecule has 1 aliphatic rings. The van der Waals surface area contributed by atoms with Crippen molar-refractivity contribution in [3.8, 4) is 0 Å². The van der Waals surface area contributed by atoms with Gasteiger partial charge in [-0.15, -0.1) is 0 Å². The molecule has 0 unspecified atom stereocenters. The summed E-state index contributed by atoms with van der Waals surface area (Å²) in [6.45, 7) is 2.79. The Balaban J connectivity index is 1.51. The lowest BCUT2D eigenvalue weighted by molar-refractivity contribution is -0.146. The predicted octanol–water partition coefficient (Wildman–Crippen LogP) is 5.80. The number of imide groups is 1. The Labute approximate surface area is 323 Å². The van der Waals surface area contributed by atoms with Crippen LogP contribution in [0.4, 0.5) is 9.59 Å². The Morgan fingerprint density at radius 2 is 1.44 bits per heavy atom. The number of nitrogens with two attached hydrogens (primary N) is 1. The van der Waals surface area contributed by atoms with Gasteiger partial charge in [-0.3, -0.25) is 15.0 Å². The standard InChI is InChI=1S/C42H54N6O7/c1-2-3-4-14-25-45-36(28-32-17-8-5-9-18-32)38(50)46-26-16-24-37(46)39(51)48(42(53)55-31-34-21-12-7-13-22-34)35(29-49)23-15-27-47(40(43)44)41(52)54-30-33-19-10-6-11-20-33/h5-13,17-22,29,35-37,45H,2-4,14-16,23-28,30-31H2,1H3,(H3,43,44)/t35-,36+,37-/m0/s1. The fourth-order valence-electron chi connectivity index (χ4n) is 6.57. The van der Waals surface area contributed by atoms with Crippen molar-refractivity contribution in [2.45, 2.75) is 96.1 Å². The number of aldehydes is 1. The Morgan fingerprint density at radius 1 is 0.855 bits per heavy atom. The van der Waals surface area contributed by atoms with E-state index in [-0.39, 0.29) is 38.5 Å². The van der Waals surface area contributed by atoms with Gasteiger partial charge in [0, 0.05) is 13.1 Å². The van der Waals surface area contributed by atoms with Gasteiger partial charge in [0.25, 0.3) is 5.91 Å². The zero-order chi connectivity index (χ0) is 39.4. The van der Waals surface area contributed by atoms with Crippen LogP contribution in [0.15, 0.2) is 91.0 Å². The molecule has 0 aromatic heterocycles. The molecule has 4 amide bonds. The minimum atomic E-state index is -1.29. The van der Waals surface area contributed by atoms with Crippen LogP contribution in [0.1, 0.15) is 75.0 Å². The molecule has 1 fully saturated rings. The van der Waals surface area contributed by atoms with Gasteiger partial charge in [-0.25, -0.2) is 19.4 Å². The van der Waals surface area contributed by atoms with Crippen molar-refractivity contribution in [1.82, 2.24) is 20.0 Å². The molecule has 55 heavy (non-hydrogen) atoms. The van der Waals surface area contributed by atoms with E-state index in [9.17, 15) is 24.0 Å². The molecule has 13 nitrogen and oxygen atoms in total. The van der Waals surface area contributed by atoms with Crippen LogP contribution in [0.3, 0.4) is 0 Å². The highest BCUT2D eigenvalue weighted by atomic mass is 16.6. The molecule has 4 N–H and O–H groups in total. The van der Waals surface area contributed by atoms with Gasteiger partial charge in [0.2, 0.25) is 5.91 Å². The third-order valence-electron chi connectivity index (χ3n) is 9.55. The van der Waals surface area contributed by atoms with E-state index >= 15 is 0 Å². The second-order valence-corrected chi connectivity index (χ2v) is 13.6. The summed E-state index contributed by atoms with van der Waals surface area (Å²) in [5.74, 6) is -1.52. The van der Waals surface area contributed by atoms with Crippen LogP contribution in [0.5, 0.6) is 0 Å². The first-order valence-electron chi connectivity index (χ1n) is 19.1. The van der Waals surface area contributed by atoms with Gasteiger partial charge in [0.1, 0.15) is 25.5 Å². The lowest BCUT2D eigenvalue weighted by Gasteiger charge is -2.33. The number of amides is 4. The summed E-state index contributed by atoms with van der Waals surface area (Å²) in [5.41, 5.74) is 8.12. The molecule has 3 atom stereocenters. The summed E-state index contributed by atoms with van der Waals surface area (Å²) in [7, 11) is 0. The van der Waals surface area contributed by atoms with Crippen molar-refractivity contribution in [2.24, 2.45) is 5.73 Å². The van der Waals surface area contributed by atoms with Crippen LogP contribution in [0.2, 0.25) is 0 Å². The molecule has 0 radical (unpaired) electrons. The van der Waals surface area contributed by atoms with Gasteiger partial charge in [0.15, 0.2) is 5.96 Å². The largest absolute Gasteiger partial charge is 0.444 e. The zero-order valence-electron chi connectivity index (χ0n) is 31.6. The lowest BCUT2D eigenvalue weighted by atomic mass is 10.0. The topological polar surface area (TPSA) is 175 Å². The van der Waals surface area contributed by atoms with E-state index < -0.39 is 42.2 Å². The van der Waals surface area contributed by atoms with Crippen molar-refractivity contribution in [1.29, 1.82) is 5.41 Å². The van der Waals surface area contributed by atoms with Gasteiger partial charge in [-0.1, -0.05) is 117 Å². The van der Waals surface area contributed by atoms with Crippen molar-refractivity contribution in [3.05, 3.63) is 108 Å². The number of ether oxygens (including phenoxy) is 2. The second-order valence-electron chi connectivity index (χ2n) is 13.6. The van der Waals surface area contributed by atoms with Crippen LogP contribution < -0.4 is 11.1 Å². The maximum absolute atomic E-state index is 14.5. The summed E-state index contributed by atoms with van der Waals surface area (Å²) in [5, 5.41) is 11.4. The molecule has 0 bridgehead atoms. The molecule has 1 aliphatic heterocycles. The first-order chi connectivity index (χ1) is 26.7. The number of carbonyl (C=O) groups is 5. The minimum absolute atomic E-state index is 0.0346. The van der Waals surface area contributed by atoms with E-state index in [1.807, 2.05) is 42.5 Å². The van der Waals surface area contributed by atoms with E-state index in [0.29, 0.717) is 44.2 Å². The summed E-state index contributed by atoms with van der Waals surface area (Å²) in [6.07, 6.45) is 4.02. The average molecular weight is 755 g/mol. The van der Waals surface area contributed by atoms with Crippen LogP contribution in [-0.4, -0.2) is 88.7 Å². The monoisotopic (exact) mass is 754 g/mol. The first kappa shape index (κ1) is 42.2. The molecule has 0 saturated carbocycles. The quantitative estimate of drug-likeness (QED) is 0.0557. The number of benzene rings is 3. The number of guanidine groups is 1. The number of nitrogens with zero attached hydrogens (tertiary/aromatic N) is 3. The molecule has 1 heterocycles. The predicted molar refractivity (Wildman–Crippen MR) is 209 cm³/mol. The Kier molecular flexibility index (Phi) is 17.3. The van der Waals surface area contributed by atoms with Gasteiger partial charge >= 0.3 is 12.2 Å². The van der Waals surface area contributed by atoms with E-state index in [0.717, 1.165) is 46.6 Å². The van der Waals surface area contributed by atoms with E-state index in [1.165, 1.54) is 4.90 Å². The highest BCUT2D eigenvalue weighted by Gasteiger charge is 2.43. The number of carbonyl (C=O) groups excluding carboxylic acids is 5. The fourth-order valence-corrected chi connectivity index (χ4v) is 6.57. The van der Waals surface area contributed by atoms with Crippen LogP contribution in [0.25, 0.3) is 0 Å². The van der Waals surface area contributed by atoms with Gasteiger partial charge < -0.3 is 30.2 Å². The highest BCUT2D eigenvalue weighted by Crippen LogP contribution is 2.24. The average Bonchev–Trinajstić information content (AvgIpc) is 3.70. The third-order valence-corrected chi connectivity index (χ3v) is 9.55. The summed E-state index contributed by atoms with van der Waals surface area (Å²) in [4.78, 5) is 71.4.